The Hall–Kier alpha value is -1.32. The highest BCUT2D eigenvalue weighted by atomic mass is 35.5. The van der Waals surface area contributed by atoms with Crippen molar-refractivity contribution < 1.29 is 0 Å². The van der Waals surface area contributed by atoms with E-state index in [4.69, 9.17) is 11.6 Å². The monoisotopic (exact) mass is 303 g/mol. The van der Waals surface area contributed by atoms with Crippen LogP contribution in [0.1, 0.15) is 42.5 Å². The first kappa shape index (κ1) is 14.6. The molecule has 21 heavy (non-hydrogen) atoms. The van der Waals surface area contributed by atoms with Crippen molar-refractivity contribution in [1.82, 2.24) is 15.1 Å². The number of nitrogens with zero attached hydrogens (tertiary/aromatic N) is 2. The van der Waals surface area contributed by atoms with Crippen LogP contribution in [0.5, 0.6) is 0 Å². The van der Waals surface area contributed by atoms with Gasteiger partial charge in [-0.3, -0.25) is 4.68 Å². The lowest BCUT2D eigenvalue weighted by Crippen LogP contribution is -2.39. The zero-order chi connectivity index (χ0) is 14.8. The topological polar surface area (TPSA) is 29.9 Å². The molecule has 1 aromatic carbocycles. The molecule has 4 heteroatoms. The van der Waals surface area contributed by atoms with E-state index in [1.165, 1.54) is 29.7 Å². The summed E-state index contributed by atoms with van der Waals surface area (Å²) in [6.07, 6.45) is 5.55. The molecule has 0 radical (unpaired) electrons. The number of benzene rings is 1. The van der Waals surface area contributed by atoms with Crippen LogP contribution in [0.25, 0.3) is 0 Å². The second-order valence-corrected chi connectivity index (χ2v) is 6.36. The van der Waals surface area contributed by atoms with Crippen molar-refractivity contribution in [2.45, 2.75) is 44.7 Å². The summed E-state index contributed by atoms with van der Waals surface area (Å²) >= 11 is 5.93. The highest BCUT2D eigenvalue weighted by Gasteiger charge is 2.29. The Morgan fingerprint density at radius 1 is 1.29 bits per heavy atom. The van der Waals surface area contributed by atoms with Crippen LogP contribution in [0.15, 0.2) is 30.5 Å². The van der Waals surface area contributed by atoms with Crippen LogP contribution < -0.4 is 5.32 Å². The maximum absolute atomic E-state index is 5.93. The van der Waals surface area contributed by atoms with Crippen molar-refractivity contribution in [2.24, 2.45) is 7.05 Å². The van der Waals surface area contributed by atoms with Crippen molar-refractivity contribution >= 4 is 11.6 Å². The summed E-state index contributed by atoms with van der Waals surface area (Å²) in [5.41, 5.74) is 3.95. The molecule has 3 rings (SSSR count). The molecule has 1 heterocycles. The molecule has 0 bridgehead atoms. The van der Waals surface area contributed by atoms with Gasteiger partial charge in [-0.05, 0) is 42.9 Å². The fourth-order valence-corrected chi connectivity index (χ4v) is 3.20. The Kier molecular flexibility index (Phi) is 4.32. The minimum absolute atomic E-state index is 0.621. The maximum atomic E-state index is 5.93. The van der Waals surface area contributed by atoms with Gasteiger partial charge in [-0.15, -0.1) is 0 Å². The van der Waals surface area contributed by atoms with E-state index in [1.54, 1.807) is 0 Å². The first-order chi connectivity index (χ1) is 10.2. The molecule has 3 nitrogen and oxygen atoms in total. The van der Waals surface area contributed by atoms with E-state index in [0.29, 0.717) is 12.0 Å². The Balaban J connectivity index is 1.50. The SMILES string of the molecule is CCc1nn(C)cc1CNC1CC(c2ccc(Cl)cc2)C1. The Morgan fingerprint density at radius 2 is 2.00 bits per heavy atom. The van der Waals surface area contributed by atoms with Gasteiger partial charge in [0.05, 0.1) is 5.69 Å². The quantitative estimate of drug-likeness (QED) is 0.913. The Labute approximate surface area is 131 Å². The van der Waals surface area contributed by atoms with E-state index >= 15 is 0 Å². The second-order valence-electron chi connectivity index (χ2n) is 5.93. The summed E-state index contributed by atoms with van der Waals surface area (Å²) in [5, 5.41) is 8.96. The van der Waals surface area contributed by atoms with E-state index in [2.05, 4.69) is 35.7 Å². The number of aryl methyl sites for hydroxylation is 2. The zero-order valence-electron chi connectivity index (χ0n) is 12.6. The molecule has 2 aromatic rings. The lowest BCUT2D eigenvalue weighted by Gasteiger charge is -2.36. The van der Waals surface area contributed by atoms with Crippen molar-refractivity contribution in [2.75, 3.05) is 0 Å². The predicted octanol–water partition coefficient (Wildman–Crippen LogP) is 3.67. The fraction of sp³-hybridized carbons (Fsp3) is 0.471. The molecule has 1 aliphatic rings. The molecule has 1 fully saturated rings. The summed E-state index contributed by atoms with van der Waals surface area (Å²) < 4.78 is 1.91. The first-order valence-corrected chi connectivity index (χ1v) is 8.03. The van der Waals surface area contributed by atoms with Crippen LogP contribution in [0, 0.1) is 0 Å². The third kappa shape index (κ3) is 3.30. The zero-order valence-corrected chi connectivity index (χ0v) is 13.4. The first-order valence-electron chi connectivity index (χ1n) is 7.66. The third-order valence-corrected chi connectivity index (χ3v) is 4.64. The van der Waals surface area contributed by atoms with E-state index in [0.717, 1.165) is 18.0 Å². The van der Waals surface area contributed by atoms with Gasteiger partial charge in [-0.1, -0.05) is 30.7 Å². The molecule has 1 aromatic heterocycles. The van der Waals surface area contributed by atoms with Gasteiger partial charge in [-0.2, -0.15) is 5.10 Å². The van der Waals surface area contributed by atoms with Crippen molar-refractivity contribution in [1.29, 1.82) is 0 Å². The molecule has 0 amide bonds. The number of halogens is 1. The molecule has 0 unspecified atom stereocenters. The van der Waals surface area contributed by atoms with Crippen LogP contribution in [0.2, 0.25) is 5.02 Å². The Morgan fingerprint density at radius 3 is 2.67 bits per heavy atom. The van der Waals surface area contributed by atoms with E-state index < -0.39 is 0 Å². The normalized spacial score (nSPS) is 21.3. The van der Waals surface area contributed by atoms with Gasteiger partial charge < -0.3 is 5.32 Å². The molecule has 1 aliphatic carbocycles. The standard InChI is InChI=1S/C17H22ClN3/c1-3-17-14(11-21(2)20-17)10-19-16-8-13(9-16)12-4-6-15(18)7-5-12/h4-7,11,13,16,19H,3,8-10H2,1-2H3. The summed E-state index contributed by atoms with van der Waals surface area (Å²) in [6, 6.07) is 8.90. The van der Waals surface area contributed by atoms with Gasteiger partial charge >= 0.3 is 0 Å². The lowest BCUT2D eigenvalue weighted by atomic mass is 9.76. The van der Waals surface area contributed by atoms with Gasteiger partial charge in [0, 0.05) is 36.4 Å². The van der Waals surface area contributed by atoms with Crippen LogP contribution in [0.3, 0.4) is 0 Å². The summed E-state index contributed by atoms with van der Waals surface area (Å²) in [6.45, 7) is 3.08. The van der Waals surface area contributed by atoms with Crippen LogP contribution in [-0.4, -0.2) is 15.8 Å². The number of hydrogen-bond acceptors (Lipinski definition) is 2. The van der Waals surface area contributed by atoms with Crippen molar-refractivity contribution in [3.63, 3.8) is 0 Å². The highest BCUT2D eigenvalue weighted by molar-refractivity contribution is 6.30. The lowest BCUT2D eigenvalue weighted by molar-refractivity contribution is 0.289. The van der Waals surface area contributed by atoms with Crippen LogP contribution in [0.4, 0.5) is 0 Å². The van der Waals surface area contributed by atoms with Gasteiger partial charge in [0.1, 0.15) is 0 Å². The number of aromatic nitrogens is 2. The molecule has 0 aliphatic heterocycles. The minimum atomic E-state index is 0.621. The van der Waals surface area contributed by atoms with Gasteiger partial charge in [0.15, 0.2) is 0 Å². The number of rotatable bonds is 5. The Bertz CT molecular complexity index is 597. The van der Waals surface area contributed by atoms with Gasteiger partial charge in [-0.25, -0.2) is 0 Å². The molecule has 0 spiro atoms. The molecular formula is C17H22ClN3. The van der Waals surface area contributed by atoms with Crippen molar-refractivity contribution in [3.05, 3.63) is 52.3 Å². The van der Waals surface area contributed by atoms with Crippen LogP contribution in [-0.2, 0) is 20.0 Å². The third-order valence-electron chi connectivity index (χ3n) is 4.39. The van der Waals surface area contributed by atoms with Gasteiger partial charge in [0.25, 0.3) is 0 Å². The van der Waals surface area contributed by atoms with E-state index in [9.17, 15) is 0 Å². The predicted molar refractivity (Wildman–Crippen MR) is 86.6 cm³/mol. The average Bonchev–Trinajstić information content (AvgIpc) is 2.79. The highest BCUT2D eigenvalue weighted by Crippen LogP contribution is 2.37. The molecule has 1 saturated carbocycles. The van der Waals surface area contributed by atoms with E-state index in [1.807, 2.05) is 23.9 Å². The molecule has 112 valence electrons. The summed E-state index contributed by atoms with van der Waals surface area (Å²) in [4.78, 5) is 0. The molecule has 0 atom stereocenters. The van der Waals surface area contributed by atoms with Crippen LogP contribution >= 0.6 is 11.6 Å². The summed E-state index contributed by atoms with van der Waals surface area (Å²) in [5.74, 6) is 0.680. The minimum Gasteiger partial charge on any atom is -0.310 e. The van der Waals surface area contributed by atoms with Crippen molar-refractivity contribution in [3.8, 4) is 0 Å². The average molecular weight is 304 g/mol. The fourth-order valence-electron chi connectivity index (χ4n) is 3.07. The molecule has 1 N–H and O–H groups in total. The number of nitrogens with one attached hydrogen (secondary N) is 1. The smallest absolute Gasteiger partial charge is 0.0666 e. The second kappa shape index (κ2) is 6.20. The largest absolute Gasteiger partial charge is 0.310 e. The van der Waals surface area contributed by atoms with E-state index in [-0.39, 0.29) is 0 Å². The molecular weight excluding hydrogens is 282 g/mol. The molecule has 0 saturated heterocycles. The number of hydrogen-bond donors (Lipinski definition) is 1. The maximum Gasteiger partial charge on any atom is 0.0666 e. The van der Waals surface area contributed by atoms with Gasteiger partial charge in [0.2, 0.25) is 0 Å². The summed E-state index contributed by atoms with van der Waals surface area (Å²) in [7, 11) is 1.99.